The molecule has 2 amide bonds. The molecule has 3 N–H and O–H groups in total. The smallest absolute Gasteiger partial charge is 0.251 e. The first-order chi connectivity index (χ1) is 11.7. The standard InChI is InChI=1S/C19H28N2O4/c1-7-8-21(15(6)23)18-13(4)11(2)12(3)17(14(18)5)19(25)20-9-16(24)10-22/h7,16,22,24H,1,8-10H2,2-6H3,(H,20,25). The summed E-state index contributed by atoms with van der Waals surface area (Å²) in [5, 5.41) is 21.0. The highest BCUT2D eigenvalue weighted by molar-refractivity contribution is 6.02. The second kappa shape index (κ2) is 8.78. The molecular formula is C19H28N2O4. The highest BCUT2D eigenvalue weighted by Crippen LogP contribution is 2.33. The fraction of sp³-hybridized carbons (Fsp3) is 0.474. The van der Waals surface area contributed by atoms with Crippen LogP contribution in [0.5, 0.6) is 0 Å². The molecular weight excluding hydrogens is 320 g/mol. The molecule has 0 radical (unpaired) electrons. The fourth-order valence-corrected chi connectivity index (χ4v) is 2.94. The third-order valence-electron chi connectivity index (χ3n) is 4.48. The Hall–Kier alpha value is -2.18. The van der Waals surface area contributed by atoms with Gasteiger partial charge in [-0.2, -0.15) is 0 Å². The molecule has 6 nitrogen and oxygen atoms in total. The van der Waals surface area contributed by atoms with Gasteiger partial charge in [0.1, 0.15) is 0 Å². The van der Waals surface area contributed by atoms with Crippen LogP contribution in [0, 0.1) is 27.7 Å². The van der Waals surface area contributed by atoms with Gasteiger partial charge in [-0.1, -0.05) is 6.08 Å². The maximum Gasteiger partial charge on any atom is 0.251 e. The van der Waals surface area contributed by atoms with E-state index in [1.54, 1.807) is 11.0 Å². The summed E-state index contributed by atoms with van der Waals surface area (Å²) in [6.07, 6.45) is 0.636. The zero-order valence-electron chi connectivity index (χ0n) is 15.6. The lowest BCUT2D eigenvalue weighted by Gasteiger charge is -2.28. The number of benzene rings is 1. The van der Waals surface area contributed by atoms with Crippen LogP contribution in [0.3, 0.4) is 0 Å². The van der Waals surface area contributed by atoms with E-state index in [0.29, 0.717) is 23.4 Å². The average Bonchev–Trinajstić information content (AvgIpc) is 2.56. The molecule has 6 heteroatoms. The van der Waals surface area contributed by atoms with Crippen LogP contribution in [0.4, 0.5) is 5.69 Å². The first-order valence-corrected chi connectivity index (χ1v) is 8.23. The molecule has 25 heavy (non-hydrogen) atoms. The van der Waals surface area contributed by atoms with Gasteiger partial charge in [-0.05, 0) is 49.9 Å². The van der Waals surface area contributed by atoms with Gasteiger partial charge < -0.3 is 20.4 Å². The van der Waals surface area contributed by atoms with E-state index in [4.69, 9.17) is 5.11 Å². The Kier molecular flexibility index (Phi) is 7.33. The number of aliphatic hydroxyl groups excluding tert-OH is 2. The van der Waals surface area contributed by atoms with E-state index in [2.05, 4.69) is 11.9 Å². The number of nitrogens with one attached hydrogen (secondary N) is 1. The molecule has 1 aromatic carbocycles. The van der Waals surface area contributed by atoms with Crippen molar-refractivity contribution in [3.05, 3.63) is 40.5 Å². The summed E-state index contributed by atoms with van der Waals surface area (Å²) < 4.78 is 0. The predicted molar refractivity (Wildman–Crippen MR) is 99.0 cm³/mol. The molecule has 1 atom stereocenters. The molecule has 1 unspecified atom stereocenters. The van der Waals surface area contributed by atoms with Crippen LogP contribution in [0.2, 0.25) is 0 Å². The lowest BCUT2D eigenvalue weighted by atomic mass is 9.90. The molecule has 0 aromatic heterocycles. The minimum Gasteiger partial charge on any atom is -0.394 e. The van der Waals surface area contributed by atoms with Crippen molar-refractivity contribution in [2.75, 3.05) is 24.6 Å². The number of aliphatic hydroxyl groups is 2. The minimum atomic E-state index is -1.01. The first-order valence-electron chi connectivity index (χ1n) is 8.23. The summed E-state index contributed by atoms with van der Waals surface area (Å²) in [6, 6.07) is 0. The van der Waals surface area contributed by atoms with Gasteiger partial charge in [0.05, 0.1) is 18.4 Å². The van der Waals surface area contributed by atoms with Crippen LogP contribution in [0.1, 0.15) is 39.5 Å². The van der Waals surface area contributed by atoms with Crippen molar-refractivity contribution < 1.29 is 19.8 Å². The van der Waals surface area contributed by atoms with E-state index < -0.39 is 12.7 Å². The highest BCUT2D eigenvalue weighted by Gasteiger charge is 2.24. The zero-order valence-corrected chi connectivity index (χ0v) is 15.6. The van der Waals surface area contributed by atoms with Crippen molar-refractivity contribution >= 4 is 17.5 Å². The molecule has 0 aliphatic heterocycles. The van der Waals surface area contributed by atoms with Gasteiger partial charge in [-0.25, -0.2) is 0 Å². The van der Waals surface area contributed by atoms with E-state index >= 15 is 0 Å². The topological polar surface area (TPSA) is 89.9 Å². The molecule has 0 saturated carbocycles. The number of rotatable bonds is 7. The Balaban J connectivity index is 3.47. The van der Waals surface area contributed by atoms with Crippen molar-refractivity contribution in [3.63, 3.8) is 0 Å². The minimum absolute atomic E-state index is 0.0421. The van der Waals surface area contributed by atoms with Gasteiger partial charge in [0.2, 0.25) is 5.91 Å². The third kappa shape index (κ3) is 4.46. The number of amides is 2. The van der Waals surface area contributed by atoms with Crippen LogP contribution in [0.25, 0.3) is 0 Å². The Bertz CT molecular complexity index is 683. The van der Waals surface area contributed by atoms with E-state index in [-0.39, 0.29) is 18.4 Å². The molecule has 0 heterocycles. The quantitative estimate of drug-likeness (QED) is 0.652. The molecule has 0 spiro atoms. The van der Waals surface area contributed by atoms with Crippen molar-refractivity contribution in [3.8, 4) is 0 Å². The molecule has 138 valence electrons. The Morgan fingerprint density at radius 3 is 2.24 bits per heavy atom. The molecule has 0 fully saturated rings. The van der Waals surface area contributed by atoms with E-state index in [9.17, 15) is 14.7 Å². The molecule has 0 bridgehead atoms. The number of carbonyl (C=O) groups is 2. The van der Waals surface area contributed by atoms with Crippen molar-refractivity contribution in [1.82, 2.24) is 5.32 Å². The van der Waals surface area contributed by atoms with Gasteiger partial charge in [0, 0.05) is 25.6 Å². The number of anilines is 1. The Labute approximate surface area is 149 Å². The van der Waals surface area contributed by atoms with Gasteiger partial charge in [0.25, 0.3) is 5.91 Å². The maximum atomic E-state index is 12.6. The molecule has 1 rings (SSSR count). The van der Waals surface area contributed by atoms with Gasteiger partial charge in [-0.3, -0.25) is 9.59 Å². The van der Waals surface area contributed by atoms with Crippen LogP contribution in [0.15, 0.2) is 12.7 Å². The van der Waals surface area contributed by atoms with Crippen LogP contribution < -0.4 is 10.2 Å². The first kappa shape index (κ1) is 20.9. The fourth-order valence-electron chi connectivity index (χ4n) is 2.94. The molecule has 0 aliphatic rings. The lowest BCUT2D eigenvalue weighted by Crippen LogP contribution is -2.36. The predicted octanol–water partition coefficient (Wildman–Crippen LogP) is 1.54. The summed E-state index contributed by atoms with van der Waals surface area (Å²) in [5.41, 5.74) is 4.61. The van der Waals surface area contributed by atoms with E-state index in [0.717, 1.165) is 16.7 Å². The normalized spacial score (nSPS) is 11.8. The molecule has 0 saturated heterocycles. The number of nitrogens with zero attached hydrogens (tertiary/aromatic N) is 1. The summed E-state index contributed by atoms with van der Waals surface area (Å²) in [5.74, 6) is -0.467. The van der Waals surface area contributed by atoms with Crippen molar-refractivity contribution in [2.24, 2.45) is 0 Å². The summed E-state index contributed by atoms with van der Waals surface area (Å²) in [7, 11) is 0. The van der Waals surface area contributed by atoms with Gasteiger partial charge in [-0.15, -0.1) is 6.58 Å². The number of hydrogen-bond donors (Lipinski definition) is 3. The molecule has 1 aromatic rings. The van der Waals surface area contributed by atoms with E-state index in [1.165, 1.54) is 6.92 Å². The zero-order chi connectivity index (χ0) is 19.3. The summed E-state index contributed by atoms with van der Waals surface area (Å²) in [6.45, 7) is 12.6. The summed E-state index contributed by atoms with van der Waals surface area (Å²) >= 11 is 0. The van der Waals surface area contributed by atoms with Crippen molar-refractivity contribution in [2.45, 2.75) is 40.7 Å². The monoisotopic (exact) mass is 348 g/mol. The SMILES string of the molecule is C=CCN(C(C)=O)c1c(C)c(C)c(C)c(C(=O)NCC(O)CO)c1C. The van der Waals surface area contributed by atoms with Crippen molar-refractivity contribution in [1.29, 1.82) is 0 Å². The molecule has 0 aliphatic carbocycles. The largest absolute Gasteiger partial charge is 0.394 e. The Morgan fingerprint density at radius 1 is 1.16 bits per heavy atom. The second-order valence-corrected chi connectivity index (χ2v) is 6.19. The maximum absolute atomic E-state index is 12.6. The highest BCUT2D eigenvalue weighted by atomic mass is 16.3. The third-order valence-corrected chi connectivity index (χ3v) is 4.48. The number of carbonyl (C=O) groups excluding carboxylic acids is 2. The van der Waals surface area contributed by atoms with Gasteiger partial charge in [0.15, 0.2) is 0 Å². The van der Waals surface area contributed by atoms with E-state index in [1.807, 2.05) is 27.7 Å². The Morgan fingerprint density at radius 2 is 1.76 bits per heavy atom. The van der Waals surface area contributed by atoms with Crippen LogP contribution in [-0.2, 0) is 4.79 Å². The van der Waals surface area contributed by atoms with Crippen LogP contribution >= 0.6 is 0 Å². The second-order valence-electron chi connectivity index (χ2n) is 6.19. The average molecular weight is 348 g/mol. The number of hydrogen-bond acceptors (Lipinski definition) is 4. The lowest BCUT2D eigenvalue weighted by molar-refractivity contribution is -0.116. The summed E-state index contributed by atoms with van der Waals surface area (Å²) in [4.78, 5) is 26.3. The van der Waals surface area contributed by atoms with Crippen LogP contribution in [-0.4, -0.2) is 47.8 Å². The van der Waals surface area contributed by atoms with Gasteiger partial charge >= 0.3 is 0 Å².